The molecule has 4 heteroatoms. The third kappa shape index (κ3) is 1.74. The smallest absolute Gasteiger partial charge is 0.113 e. The van der Waals surface area contributed by atoms with Crippen molar-refractivity contribution in [1.29, 1.82) is 0 Å². The topological polar surface area (TPSA) is 34.1 Å². The highest BCUT2D eigenvalue weighted by molar-refractivity contribution is 7.12. The maximum Gasteiger partial charge on any atom is 0.113 e. The van der Waals surface area contributed by atoms with Gasteiger partial charge in [0.1, 0.15) is 5.01 Å². The number of hydrogen-bond acceptors (Lipinski definition) is 4. The van der Waals surface area contributed by atoms with Crippen LogP contribution in [0.4, 0.5) is 0 Å². The number of aryl methyl sites for hydroxylation is 2. The van der Waals surface area contributed by atoms with Gasteiger partial charge >= 0.3 is 0 Å². The summed E-state index contributed by atoms with van der Waals surface area (Å²) in [5, 5.41) is 5.18. The summed E-state index contributed by atoms with van der Waals surface area (Å²) in [4.78, 5) is 6.48. The van der Waals surface area contributed by atoms with E-state index in [1.165, 1.54) is 42.8 Å². The fourth-order valence-electron chi connectivity index (χ4n) is 3.25. The summed E-state index contributed by atoms with van der Waals surface area (Å²) < 4.78 is 5.48. The number of nitrogens with zero attached hydrogens (tertiary/aromatic N) is 1. The monoisotopic (exact) mass is 264 g/mol. The third-order valence-corrected chi connectivity index (χ3v) is 5.91. The highest BCUT2D eigenvalue weighted by atomic mass is 32.1. The molecular weight excluding hydrogens is 244 g/mol. The van der Waals surface area contributed by atoms with Crippen molar-refractivity contribution in [3.8, 4) is 0 Å². The summed E-state index contributed by atoms with van der Waals surface area (Å²) in [6.45, 7) is 0. The van der Waals surface area contributed by atoms with Crippen LogP contribution >= 0.6 is 11.3 Å². The van der Waals surface area contributed by atoms with Gasteiger partial charge in [-0.05, 0) is 44.9 Å². The standard InChI is InChI=1S/C14H20N2OS/c1-17-10-7-14(8-10,16-9-5-6-9)13-15-11-3-2-4-12(11)18-13/h9-10,16H,2-8H2,1H3. The van der Waals surface area contributed by atoms with Crippen LogP contribution < -0.4 is 5.32 Å². The molecule has 0 spiro atoms. The van der Waals surface area contributed by atoms with E-state index in [1.807, 2.05) is 18.4 Å². The average Bonchev–Trinajstić information content (AvgIpc) is 2.85. The summed E-state index contributed by atoms with van der Waals surface area (Å²) >= 11 is 1.96. The average molecular weight is 264 g/mol. The van der Waals surface area contributed by atoms with Crippen molar-refractivity contribution in [2.24, 2.45) is 0 Å². The van der Waals surface area contributed by atoms with Gasteiger partial charge in [-0.25, -0.2) is 4.98 Å². The van der Waals surface area contributed by atoms with Gasteiger partial charge in [-0.15, -0.1) is 11.3 Å². The Labute approximate surface area is 112 Å². The first-order valence-corrected chi connectivity index (χ1v) is 7.90. The van der Waals surface area contributed by atoms with Crippen molar-refractivity contribution in [3.63, 3.8) is 0 Å². The van der Waals surface area contributed by atoms with E-state index in [0.29, 0.717) is 6.10 Å². The molecule has 0 atom stereocenters. The second-order valence-corrected chi connectivity index (χ2v) is 7.09. The van der Waals surface area contributed by atoms with Gasteiger partial charge in [-0.2, -0.15) is 0 Å². The minimum absolute atomic E-state index is 0.150. The van der Waals surface area contributed by atoms with Crippen molar-refractivity contribution >= 4 is 11.3 Å². The van der Waals surface area contributed by atoms with E-state index < -0.39 is 0 Å². The van der Waals surface area contributed by atoms with E-state index in [4.69, 9.17) is 9.72 Å². The fraction of sp³-hybridized carbons (Fsp3) is 0.786. The van der Waals surface area contributed by atoms with Crippen molar-refractivity contribution < 1.29 is 4.74 Å². The molecule has 0 aliphatic heterocycles. The zero-order valence-electron chi connectivity index (χ0n) is 10.9. The molecule has 0 bridgehead atoms. The van der Waals surface area contributed by atoms with Crippen molar-refractivity contribution in [1.82, 2.24) is 10.3 Å². The van der Waals surface area contributed by atoms with Crippen LogP contribution in [-0.2, 0) is 23.1 Å². The van der Waals surface area contributed by atoms with E-state index in [-0.39, 0.29) is 5.54 Å². The summed E-state index contributed by atoms with van der Waals surface area (Å²) in [7, 11) is 1.83. The van der Waals surface area contributed by atoms with Crippen LogP contribution in [0.1, 0.15) is 47.7 Å². The van der Waals surface area contributed by atoms with E-state index >= 15 is 0 Å². The van der Waals surface area contributed by atoms with E-state index in [1.54, 1.807) is 4.88 Å². The summed E-state index contributed by atoms with van der Waals surface area (Å²) in [6, 6.07) is 0.738. The quantitative estimate of drug-likeness (QED) is 0.906. The second-order valence-electron chi connectivity index (χ2n) is 6.01. The Morgan fingerprint density at radius 2 is 2.17 bits per heavy atom. The lowest BCUT2D eigenvalue weighted by Crippen LogP contribution is -2.56. The van der Waals surface area contributed by atoms with Gasteiger partial charge in [0.25, 0.3) is 0 Å². The Bertz CT molecular complexity index is 439. The van der Waals surface area contributed by atoms with Crippen molar-refractivity contribution in [2.75, 3.05) is 7.11 Å². The Morgan fingerprint density at radius 1 is 1.33 bits per heavy atom. The van der Waals surface area contributed by atoms with Gasteiger partial charge in [0.2, 0.25) is 0 Å². The number of rotatable bonds is 4. The Kier molecular flexibility index (Phi) is 2.54. The van der Waals surface area contributed by atoms with Crippen LogP contribution in [0.15, 0.2) is 0 Å². The molecule has 2 fully saturated rings. The molecule has 0 aromatic carbocycles. The van der Waals surface area contributed by atoms with Crippen LogP contribution in [0.3, 0.4) is 0 Å². The van der Waals surface area contributed by atoms with Crippen LogP contribution in [0.5, 0.6) is 0 Å². The van der Waals surface area contributed by atoms with Crippen molar-refractivity contribution in [2.45, 2.75) is 62.6 Å². The Balaban J connectivity index is 1.60. The largest absolute Gasteiger partial charge is 0.381 e. The number of aromatic nitrogens is 1. The highest BCUT2D eigenvalue weighted by Gasteiger charge is 2.50. The molecule has 0 saturated heterocycles. The van der Waals surface area contributed by atoms with Crippen LogP contribution in [0.25, 0.3) is 0 Å². The maximum atomic E-state index is 5.48. The number of ether oxygens (including phenoxy) is 1. The first-order valence-electron chi connectivity index (χ1n) is 7.09. The van der Waals surface area contributed by atoms with Gasteiger partial charge in [0.15, 0.2) is 0 Å². The zero-order valence-corrected chi connectivity index (χ0v) is 11.7. The van der Waals surface area contributed by atoms with Gasteiger partial charge in [0, 0.05) is 18.0 Å². The molecule has 0 amide bonds. The lowest BCUT2D eigenvalue weighted by molar-refractivity contribution is -0.0341. The predicted molar refractivity (Wildman–Crippen MR) is 72.0 cm³/mol. The molecule has 3 nitrogen and oxygen atoms in total. The van der Waals surface area contributed by atoms with Crippen LogP contribution in [0, 0.1) is 0 Å². The first kappa shape index (κ1) is 11.4. The van der Waals surface area contributed by atoms with E-state index in [9.17, 15) is 0 Å². The van der Waals surface area contributed by atoms with Crippen LogP contribution in [-0.4, -0.2) is 24.2 Å². The third-order valence-electron chi connectivity index (χ3n) is 4.55. The Hall–Kier alpha value is -0.450. The Morgan fingerprint density at radius 3 is 2.83 bits per heavy atom. The van der Waals surface area contributed by atoms with Gasteiger partial charge < -0.3 is 10.1 Å². The molecule has 0 radical (unpaired) electrons. The molecule has 3 aliphatic rings. The molecule has 1 aromatic rings. The van der Waals surface area contributed by atoms with E-state index in [2.05, 4.69) is 5.32 Å². The summed E-state index contributed by atoms with van der Waals surface area (Å²) in [5.41, 5.74) is 1.53. The molecule has 3 aliphatic carbocycles. The number of nitrogens with one attached hydrogen (secondary N) is 1. The lowest BCUT2D eigenvalue weighted by atomic mass is 9.74. The fourth-order valence-corrected chi connectivity index (χ4v) is 4.57. The van der Waals surface area contributed by atoms with Gasteiger partial charge in [-0.3, -0.25) is 0 Å². The van der Waals surface area contributed by atoms with Crippen LogP contribution in [0.2, 0.25) is 0 Å². The minimum atomic E-state index is 0.150. The molecular formula is C14H20N2OS. The van der Waals surface area contributed by atoms with Gasteiger partial charge in [-0.1, -0.05) is 0 Å². The number of hydrogen-bond donors (Lipinski definition) is 1. The molecule has 0 unspecified atom stereocenters. The normalized spacial score (nSPS) is 34.4. The number of methoxy groups -OCH3 is 1. The SMILES string of the molecule is COC1CC(NC2CC2)(c2nc3c(s2)CCC3)C1. The zero-order chi connectivity index (χ0) is 12.2. The second kappa shape index (κ2) is 4.02. The van der Waals surface area contributed by atoms with Crippen molar-refractivity contribution in [3.05, 3.63) is 15.6 Å². The van der Waals surface area contributed by atoms with E-state index in [0.717, 1.165) is 18.9 Å². The molecule has 18 heavy (non-hydrogen) atoms. The molecule has 1 N–H and O–H groups in total. The highest BCUT2D eigenvalue weighted by Crippen LogP contribution is 2.47. The number of thiazole rings is 1. The molecule has 1 heterocycles. The lowest BCUT2D eigenvalue weighted by Gasteiger charge is -2.46. The summed E-state index contributed by atoms with van der Waals surface area (Å²) in [6.07, 6.45) is 9.06. The maximum absolute atomic E-state index is 5.48. The predicted octanol–water partition coefficient (Wildman–Crippen LogP) is 2.39. The van der Waals surface area contributed by atoms with Gasteiger partial charge in [0.05, 0.1) is 17.3 Å². The molecule has 2 saturated carbocycles. The molecule has 1 aromatic heterocycles. The summed E-state index contributed by atoms with van der Waals surface area (Å²) in [5.74, 6) is 0. The minimum Gasteiger partial charge on any atom is -0.381 e. The molecule has 98 valence electrons. The molecule has 4 rings (SSSR count). The first-order chi connectivity index (χ1) is 8.79. The number of fused-ring (bicyclic) bond motifs is 1.